The van der Waals surface area contributed by atoms with Crippen molar-refractivity contribution in [1.82, 2.24) is 25.8 Å². The number of aliphatic hydroxyl groups excluding tert-OH is 1. The summed E-state index contributed by atoms with van der Waals surface area (Å²) in [6.45, 7) is 4.85. The number of carboxylic acid groups (broad SMARTS) is 1. The van der Waals surface area contributed by atoms with Gasteiger partial charge in [0.15, 0.2) is 0 Å². The molecule has 1 unspecified atom stereocenters. The number of fused-ring (bicyclic) bond motifs is 1. The Morgan fingerprint density at radius 1 is 1.31 bits per heavy atom. The molecule has 194 valence electrons. The lowest BCUT2D eigenvalue weighted by Gasteiger charge is -2.47. The monoisotopic (exact) mass is 510 g/mol. The maximum absolute atomic E-state index is 13.0. The number of β-lactam (4-membered cyclic amide) rings is 1. The highest BCUT2D eigenvalue weighted by atomic mass is 32.2. The van der Waals surface area contributed by atoms with E-state index in [4.69, 9.17) is 5.73 Å². The molecule has 0 aliphatic carbocycles. The van der Waals surface area contributed by atoms with Crippen LogP contribution in [-0.4, -0.2) is 112 Å². The number of nitrogens with one attached hydrogen (secondary N) is 3. The number of aliphatic hydroxyl groups is 1. The lowest BCUT2D eigenvalue weighted by Crippen LogP contribution is -2.66. The zero-order valence-electron chi connectivity index (χ0n) is 20.1. The van der Waals surface area contributed by atoms with Gasteiger partial charge in [-0.15, -0.1) is 11.8 Å². The Balaban J connectivity index is 1.43. The fourth-order valence-electron chi connectivity index (χ4n) is 5.62. The highest BCUT2D eigenvalue weighted by molar-refractivity contribution is 8.03. The largest absolute Gasteiger partial charge is 0.477 e. The minimum absolute atomic E-state index is 0.00548. The van der Waals surface area contributed by atoms with Crippen molar-refractivity contribution in [1.29, 1.82) is 0 Å². The van der Waals surface area contributed by atoms with Gasteiger partial charge in [-0.3, -0.25) is 14.4 Å². The van der Waals surface area contributed by atoms with Gasteiger partial charge in [-0.25, -0.2) is 4.79 Å². The number of nitrogens with zero attached hydrogens (tertiary/aromatic N) is 2. The van der Waals surface area contributed by atoms with E-state index in [1.54, 1.807) is 18.9 Å². The first-order chi connectivity index (χ1) is 16.5. The van der Waals surface area contributed by atoms with E-state index in [2.05, 4.69) is 16.0 Å². The van der Waals surface area contributed by atoms with Crippen LogP contribution in [0.25, 0.3) is 0 Å². The van der Waals surface area contributed by atoms with Crippen molar-refractivity contribution in [3.63, 3.8) is 0 Å². The number of thioether (sulfide) groups is 1. The number of carbonyl (C=O) groups excluding carboxylic acids is 3. The van der Waals surface area contributed by atoms with Crippen molar-refractivity contribution in [2.45, 2.75) is 55.8 Å². The number of rotatable bonds is 8. The minimum atomic E-state index is -1.15. The summed E-state index contributed by atoms with van der Waals surface area (Å²) in [4.78, 5) is 53.5. The van der Waals surface area contributed by atoms with E-state index < -0.39 is 36.1 Å². The van der Waals surface area contributed by atoms with Crippen LogP contribution in [0.1, 0.15) is 20.3 Å². The number of carbonyl (C=O) groups is 4. The summed E-state index contributed by atoms with van der Waals surface area (Å²) >= 11 is 1.41. The maximum atomic E-state index is 13.0. The fourth-order valence-corrected chi connectivity index (χ4v) is 7.10. The van der Waals surface area contributed by atoms with Crippen LogP contribution in [-0.2, 0) is 19.2 Å². The molecule has 0 aromatic heterocycles. The average Bonchev–Trinajstić information content (AvgIpc) is 3.45. The second-order valence-electron chi connectivity index (χ2n) is 9.83. The number of nitrogens with two attached hydrogens (primary N) is 1. The first kappa shape index (κ1) is 25.9. The smallest absolute Gasteiger partial charge is 0.353 e. The summed E-state index contributed by atoms with van der Waals surface area (Å²) in [5.74, 6) is -2.50. The third-order valence-corrected chi connectivity index (χ3v) is 8.89. The minimum Gasteiger partial charge on any atom is -0.477 e. The molecule has 7 N–H and O–H groups in total. The Hall–Kier alpha value is -2.19. The van der Waals surface area contributed by atoms with Crippen LogP contribution in [0, 0.1) is 11.8 Å². The molecule has 4 rings (SSSR count). The van der Waals surface area contributed by atoms with Crippen LogP contribution in [0.3, 0.4) is 0 Å². The molecule has 35 heavy (non-hydrogen) atoms. The van der Waals surface area contributed by atoms with E-state index >= 15 is 0 Å². The lowest BCUT2D eigenvalue weighted by atomic mass is 9.78. The molecule has 13 heteroatoms. The molecule has 0 bridgehead atoms. The van der Waals surface area contributed by atoms with Gasteiger partial charge in [0.05, 0.1) is 30.7 Å². The number of likely N-dealkylation sites (tertiary alicyclic amines) is 1. The van der Waals surface area contributed by atoms with E-state index in [0.29, 0.717) is 24.4 Å². The van der Waals surface area contributed by atoms with Gasteiger partial charge in [0, 0.05) is 47.8 Å². The van der Waals surface area contributed by atoms with Crippen LogP contribution in [0.15, 0.2) is 10.6 Å². The standard InChI is InChI=1S/C22H34N6O6S/c1-9-17-16(10(2)26-15(30)6-24-3)21(32)28(17)18(22(33)34)19(9)35-11-4-13(25-5-11)20(31)27-7-12(23)14(29)8-27/h9-14,16-17,24-25,29H,4-8,23H2,1-3H3,(H,26,30)(H,33,34)/t9-,10?,11+,12-,13+,14-,16-,17-/m1/s1. The molecular formula is C22H34N6O6S. The molecule has 0 aromatic carbocycles. The Morgan fingerprint density at radius 2 is 2.03 bits per heavy atom. The van der Waals surface area contributed by atoms with Gasteiger partial charge in [-0.05, 0) is 20.4 Å². The maximum Gasteiger partial charge on any atom is 0.353 e. The summed E-state index contributed by atoms with van der Waals surface area (Å²) in [6.07, 6.45) is -0.221. The first-order valence-electron chi connectivity index (χ1n) is 11.9. The van der Waals surface area contributed by atoms with Gasteiger partial charge in [-0.1, -0.05) is 6.92 Å². The summed E-state index contributed by atoms with van der Waals surface area (Å²) in [5.41, 5.74) is 5.83. The Kier molecular flexibility index (Phi) is 7.44. The third kappa shape index (κ3) is 4.67. The molecule has 3 fully saturated rings. The number of aliphatic carboxylic acids is 1. The average molecular weight is 511 g/mol. The Labute approximate surface area is 208 Å². The zero-order valence-corrected chi connectivity index (χ0v) is 20.9. The number of hydrogen-bond donors (Lipinski definition) is 6. The lowest BCUT2D eigenvalue weighted by molar-refractivity contribution is -0.158. The second kappa shape index (κ2) is 10.1. The van der Waals surface area contributed by atoms with Crippen LogP contribution >= 0.6 is 11.8 Å². The van der Waals surface area contributed by atoms with Crippen molar-refractivity contribution in [2.75, 3.05) is 33.2 Å². The third-order valence-electron chi connectivity index (χ3n) is 7.38. The van der Waals surface area contributed by atoms with Gasteiger partial charge < -0.3 is 41.7 Å². The van der Waals surface area contributed by atoms with Crippen LogP contribution in [0.4, 0.5) is 0 Å². The molecule has 3 amide bonds. The highest BCUT2D eigenvalue weighted by Crippen LogP contribution is 2.51. The van der Waals surface area contributed by atoms with Crippen molar-refractivity contribution < 1.29 is 29.4 Å². The second-order valence-corrected chi connectivity index (χ2v) is 11.2. The van der Waals surface area contributed by atoms with Crippen LogP contribution in [0.2, 0.25) is 0 Å². The summed E-state index contributed by atoms with van der Waals surface area (Å²) in [6, 6.07) is -1.64. The van der Waals surface area contributed by atoms with Gasteiger partial charge in [-0.2, -0.15) is 0 Å². The molecule has 0 spiro atoms. The molecule has 4 heterocycles. The molecular weight excluding hydrogens is 476 g/mol. The molecule has 0 aromatic rings. The molecule has 4 aliphatic heterocycles. The zero-order chi connectivity index (χ0) is 25.6. The molecule has 12 nitrogen and oxygen atoms in total. The van der Waals surface area contributed by atoms with Crippen molar-refractivity contribution in [2.24, 2.45) is 17.6 Å². The first-order valence-corrected chi connectivity index (χ1v) is 12.8. The van der Waals surface area contributed by atoms with Crippen molar-refractivity contribution >= 4 is 35.5 Å². The molecule has 3 saturated heterocycles. The van der Waals surface area contributed by atoms with E-state index in [0.717, 1.165) is 0 Å². The summed E-state index contributed by atoms with van der Waals surface area (Å²) in [7, 11) is 1.66. The number of carboxylic acids is 1. The van der Waals surface area contributed by atoms with Gasteiger partial charge in [0.2, 0.25) is 17.7 Å². The molecule has 0 saturated carbocycles. The predicted molar refractivity (Wildman–Crippen MR) is 128 cm³/mol. The molecule has 8 atom stereocenters. The fraction of sp³-hybridized carbons (Fsp3) is 0.727. The number of amides is 3. The number of likely N-dealkylation sites (N-methyl/N-ethyl adjacent to an activating group) is 1. The number of hydrogen-bond acceptors (Lipinski definition) is 9. The van der Waals surface area contributed by atoms with Gasteiger partial charge in [0.1, 0.15) is 5.70 Å². The SMILES string of the molecule is CNCC(=O)NC(C)[C@H]1C(=O)N2C(C(=O)O)=C(S[C@@H]3CN[C@H](C(=O)N4C[C@@H](N)[C@H](O)C4)C3)[C@H](C)[C@H]12. The van der Waals surface area contributed by atoms with Crippen molar-refractivity contribution in [3.8, 4) is 0 Å². The summed E-state index contributed by atoms with van der Waals surface area (Å²) < 4.78 is 0. The summed E-state index contributed by atoms with van der Waals surface area (Å²) in [5, 5.41) is 28.6. The van der Waals surface area contributed by atoms with E-state index in [1.165, 1.54) is 16.7 Å². The van der Waals surface area contributed by atoms with Gasteiger partial charge in [0.25, 0.3) is 0 Å². The normalized spacial score (nSPS) is 35.2. The molecule has 0 radical (unpaired) electrons. The van der Waals surface area contributed by atoms with Crippen molar-refractivity contribution in [3.05, 3.63) is 10.6 Å². The van der Waals surface area contributed by atoms with E-state index in [-0.39, 0.29) is 53.7 Å². The van der Waals surface area contributed by atoms with Crippen LogP contribution in [0.5, 0.6) is 0 Å². The van der Waals surface area contributed by atoms with Crippen LogP contribution < -0.4 is 21.7 Å². The van der Waals surface area contributed by atoms with E-state index in [1.807, 2.05) is 6.92 Å². The number of β-amino-alcohol motifs (C(OH)–C–C–N with tert-alkyl or cyclic N) is 1. The molecule has 4 aliphatic rings. The highest BCUT2D eigenvalue weighted by Gasteiger charge is 2.60. The van der Waals surface area contributed by atoms with E-state index in [9.17, 15) is 29.4 Å². The van der Waals surface area contributed by atoms with Gasteiger partial charge >= 0.3 is 5.97 Å². The Bertz CT molecular complexity index is 935. The predicted octanol–water partition coefficient (Wildman–Crippen LogP) is -2.52. The quantitative estimate of drug-likeness (QED) is 0.191. The Morgan fingerprint density at radius 3 is 2.63 bits per heavy atom. The topological polar surface area (TPSA) is 177 Å².